The molecule has 0 aromatic heterocycles. The highest BCUT2D eigenvalue weighted by Crippen LogP contribution is 2.34. The van der Waals surface area contributed by atoms with Crippen LogP contribution >= 0.6 is 0 Å². The maximum atomic E-state index is 13.1. The molecule has 3 rings (SSSR count). The quantitative estimate of drug-likeness (QED) is 0.321. The van der Waals surface area contributed by atoms with Gasteiger partial charge in [-0.15, -0.1) is 13.2 Å². The van der Waals surface area contributed by atoms with Gasteiger partial charge in [-0.25, -0.2) is 8.42 Å². The number of benzene rings is 3. The Bertz CT molecular complexity index is 1430. The van der Waals surface area contributed by atoms with E-state index in [1.165, 1.54) is 36.4 Å². The number of hydrogen-bond donors (Lipinski definition) is 0. The summed E-state index contributed by atoms with van der Waals surface area (Å²) in [5.74, 6) is -1.37. The number of nitrogens with zero attached hydrogens (tertiary/aromatic N) is 1. The van der Waals surface area contributed by atoms with Crippen molar-refractivity contribution in [2.24, 2.45) is 5.41 Å². The Morgan fingerprint density at radius 2 is 1.59 bits per heavy atom. The van der Waals surface area contributed by atoms with Gasteiger partial charge in [0.15, 0.2) is 9.84 Å². The summed E-state index contributed by atoms with van der Waals surface area (Å²) in [6.45, 7) is 5.48. The van der Waals surface area contributed by atoms with Gasteiger partial charge < -0.3 is 9.47 Å². The molecule has 0 heterocycles. The normalized spacial score (nSPS) is 12.0. The smallest absolute Gasteiger partial charge is 0.456 e. The highest BCUT2D eigenvalue weighted by Gasteiger charge is 2.31. The fourth-order valence-electron chi connectivity index (χ4n) is 3.55. The van der Waals surface area contributed by atoms with Crippen molar-refractivity contribution in [3.8, 4) is 34.4 Å². The molecule has 6 nitrogen and oxygen atoms in total. The fourth-order valence-corrected chi connectivity index (χ4v) is 4.96. The summed E-state index contributed by atoms with van der Waals surface area (Å²) >= 11 is 0. The Hall–Kier alpha value is -3.84. The molecule has 0 fully saturated rings. The number of Topliss-reactive ketones (excluding diaryl/α,β-unsaturated/α-hetero) is 1. The highest BCUT2D eigenvalue weighted by molar-refractivity contribution is 7.92. The molecule has 0 radical (unpaired) electrons. The third-order valence-corrected chi connectivity index (χ3v) is 6.66. The van der Waals surface area contributed by atoms with Gasteiger partial charge in [0, 0.05) is 6.42 Å². The van der Waals surface area contributed by atoms with Crippen LogP contribution in [0.15, 0.2) is 71.6 Å². The average molecular weight is 532 g/mol. The molecule has 0 saturated heterocycles. The van der Waals surface area contributed by atoms with E-state index in [0.717, 1.165) is 6.07 Å². The van der Waals surface area contributed by atoms with Crippen LogP contribution in [0.2, 0.25) is 0 Å². The molecule has 3 aromatic carbocycles. The van der Waals surface area contributed by atoms with Gasteiger partial charge >= 0.3 is 6.36 Å². The van der Waals surface area contributed by atoms with Crippen LogP contribution in [0.25, 0.3) is 11.1 Å². The topological polar surface area (TPSA) is 93.5 Å². The second-order valence-corrected chi connectivity index (χ2v) is 11.5. The van der Waals surface area contributed by atoms with E-state index in [9.17, 15) is 31.6 Å². The Labute approximate surface area is 213 Å². The molecule has 194 valence electrons. The zero-order chi connectivity index (χ0) is 27.4. The number of carbonyl (C=O) groups is 1. The van der Waals surface area contributed by atoms with Crippen LogP contribution in [0.1, 0.15) is 32.8 Å². The van der Waals surface area contributed by atoms with Crippen LogP contribution in [0, 0.1) is 16.7 Å². The second-order valence-electron chi connectivity index (χ2n) is 9.51. The number of hydrogen-bond acceptors (Lipinski definition) is 6. The number of nitriles is 1. The van der Waals surface area contributed by atoms with Gasteiger partial charge in [-0.3, -0.25) is 4.79 Å². The van der Waals surface area contributed by atoms with E-state index in [1.807, 2.05) is 26.8 Å². The van der Waals surface area contributed by atoms with Crippen molar-refractivity contribution >= 4 is 15.6 Å². The molecule has 0 aliphatic carbocycles. The minimum Gasteiger partial charge on any atom is -0.456 e. The number of carbonyl (C=O) groups excluding carboxylic acids is 1. The SMILES string of the molecule is CC(C)(C)CC(=O)CS(=O)(=O)c1cc(C#N)ccc1Oc1cccc(-c2ccc(OC(F)(F)F)cc2)c1. The van der Waals surface area contributed by atoms with Crippen molar-refractivity contribution in [3.63, 3.8) is 0 Å². The standard InChI is InChI=1S/C27H24F3NO5S/c1-26(2,3)15-21(32)17-37(33,34)25-13-18(16-31)7-12-24(25)35-23-6-4-5-20(14-23)19-8-10-22(11-9-19)36-27(28,29)30/h4-14H,15,17H2,1-3H3. The molecule has 0 aliphatic rings. The fraction of sp³-hybridized carbons (Fsp3) is 0.259. The molecule has 0 aliphatic heterocycles. The lowest BCUT2D eigenvalue weighted by Gasteiger charge is -2.17. The summed E-state index contributed by atoms with van der Waals surface area (Å²) in [6, 6.07) is 17.5. The van der Waals surface area contributed by atoms with E-state index in [-0.39, 0.29) is 34.1 Å². The van der Waals surface area contributed by atoms with Gasteiger partial charge in [0.2, 0.25) is 0 Å². The number of ether oxygens (including phenoxy) is 2. The van der Waals surface area contributed by atoms with E-state index in [2.05, 4.69) is 4.74 Å². The zero-order valence-corrected chi connectivity index (χ0v) is 21.1. The number of ketones is 1. The predicted molar refractivity (Wildman–Crippen MR) is 131 cm³/mol. The van der Waals surface area contributed by atoms with Crippen LogP contribution in [-0.4, -0.2) is 26.3 Å². The molecule has 10 heteroatoms. The minimum absolute atomic E-state index is 0.0615. The Balaban J connectivity index is 1.90. The van der Waals surface area contributed by atoms with Gasteiger partial charge in [-0.1, -0.05) is 45.0 Å². The molecule has 0 saturated carbocycles. The first-order valence-corrected chi connectivity index (χ1v) is 12.7. The van der Waals surface area contributed by atoms with Crippen molar-refractivity contribution < 1.29 is 35.9 Å². The van der Waals surface area contributed by atoms with Crippen molar-refractivity contribution in [3.05, 3.63) is 72.3 Å². The first-order valence-electron chi connectivity index (χ1n) is 11.1. The maximum absolute atomic E-state index is 13.1. The van der Waals surface area contributed by atoms with Crippen LogP contribution in [0.5, 0.6) is 17.2 Å². The van der Waals surface area contributed by atoms with Crippen molar-refractivity contribution in [2.75, 3.05) is 5.75 Å². The minimum atomic E-state index is -4.80. The Morgan fingerprint density at radius 3 is 2.19 bits per heavy atom. The molecule has 0 atom stereocenters. The summed E-state index contributed by atoms with van der Waals surface area (Å²) < 4.78 is 73.2. The summed E-state index contributed by atoms with van der Waals surface area (Å²) in [5, 5.41) is 9.26. The van der Waals surface area contributed by atoms with Crippen molar-refractivity contribution in [1.82, 2.24) is 0 Å². The maximum Gasteiger partial charge on any atom is 0.573 e. The Kier molecular flexibility index (Phi) is 7.98. The lowest BCUT2D eigenvalue weighted by atomic mass is 9.90. The van der Waals surface area contributed by atoms with E-state index < -0.39 is 33.2 Å². The average Bonchev–Trinajstić information content (AvgIpc) is 2.77. The number of alkyl halides is 3. The summed E-state index contributed by atoms with van der Waals surface area (Å²) in [6.07, 6.45) is -4.74. The lowest BCUT2D eigenvalue weighted by Crippen LogP contribution is -2.21. The molecule has 3 aromatic rings. The predicted octanol–water partition coefficient (Wildman–Crippen LogP) is 6.70. The van der Waals surface area contributed by atoms with Crippen LogP contribution in [-0.2, 0) is 14.6 Å². The highest BCUT2D eigenvalue weighted by atomic mass is 32.2. The summed E-state index contributed by atoms with van der Waals surface area (Å²) in [7, 11) is -4.13. The number of sulfone groups is 1. The van der Waals surface area contributed by atoms with Gasteiger partial charge in [-0.2, -0.15) is 5.26 Å². The van der Waals surface area contributed by atoms with Gasteiger partial charge in [0.1, 0.15) is 33.7 Å². The van der Waals surface area contributed by atoms with Gasteiger partial charge in [-0.05, 0) is 59.0 Å². The van der Waals surface area contributed by atoms with Crippen LogP contribution < -0.4 is 9.47 Å². The molecule has 0 bridgehead atoms. The van der Waals surface area contributed by atoms with Crippen molar-refractivity contribution in [2.45, 2.75) is 38.4 Å². The summed E-state index contributed by atoms with van der Waals surface area (Å²) in [4.78, 5) is 12.1. The van der Waals surface area contributed by atoms with Crippen LogP contribution in [0.3, 0.4) is 0 Å². The third-order valence-electron chi connectivity index (χ3n) is 4.97. The number of halogens is 3. The molecule has 37 heavy (non-hydrogen) atoms. The summed E-state index contributed by atoms with van der Waals surface area (Å²) in [5.41, 5.74) is 0.858. The second kappa shape index (κ2) is 10.6. The largest absolute Gasteiger partial charge is 0.573 e. The molecular formula is C27H24F3NO5S. The van der Waals surface area contributed by atoms with E-state index >= 15 is 0 Å². The zero-order valence-electron chi connectivity index (χ0n) is 20.3. The first kappa shape index (κ1) is 27.7. The lowest BCUT2D eigenvalue weighted by molar-refractivity contribution is -0.274. The molecule has 0 unspecified atom stereocenters. The van der Waals surface area contributed by atoms with Gasteiger partial charge in [0.05, 0.1) is 11.6 Å². The first-order chi connectivity index (χ1) is 17.1. The third kappa shape index (κ3) is 8.08. The van der Waals surface area contributed by atoms with Crippen LogP contribution in [0.4, 0.5) is 13.2 Å². The van der Waals surface area contributed by atoms with E-state index in [4.69, 9.17) is 4.74 Å². The van der Waals surface area contributed by atoms with E-state index in [1.54, 1.807) is 24.3 Å². The van der Waals surface area contributed by atoms with Crippen molar-refractivity contribution in [1.29, 1.82) is 5.26 Å². The monoisotopic (exact) mass is 531 g/mol. The number of rotatable bonds is 8. The van der Waals surface area contributed by atoms with E-state index in [0.29, 0.717) is 11.1 Å². The molecule has 0 amide bonds. The molecule has 0 N–H and O–H groups in total. The molecule has 0 spiro atoms. The molecular weight excluding hydrogens is 507 g/mol. The Morgan fingerprint density at radius 1 is 0.919 bits per heavy atom. The van der Waals surface area contributed by atoms with Gasteiger partial charge in [0.25, 0.3) is 0 Å².